The molecule has 0 saturated carbocycles. The first kappa shape index (κ1) is 29.9. The van der Waals surface area contributed by atoms with Crippen LogP contribution in [-0.2, 0) is 31.8 Å². The highest BCUT2D eigenvalue weighted by molar-refractivity contribution is 8.30. The maximum atomic E-state index is 13.3. The Hall–Kier alpha value is -3.08. The number of carboxylic acid groups (broad SMARTS) is 1. The predicted molar refractivity (Wildman–Crippen MR) is 150 cm³/mol. The Morgan fingerprint density at radius 1 is 1.10 bits per heavy atom. The topological polar surface area (TPSA) is 109 Å². The number of aliphatic carboxylic acids is 1. The molecule has 2 aliphatic heterocycles. The molecule has 0 unspecified atom stereocenters. The van der Waals surface area contributed by atoms with Gasteiger partial charge < -0.3 is 14.7 Å². The van der Waals surface area contributed by atoms with Crippen molar-refractivity contribution in [3.63, 3.8) is 0 Å². The number of thiocarbonyl (C=S) groups is 1. The standard InChI is InChI=1S/C24H20F3N3O6S4/c1-3-28-21(35)19(40-23(28)37)22-30(11-18(33)36-4-2)20(34)15(39-22)7-8-16-29(10-17(31)32)13-9-12(24(25,26)27)5-6-14(13)38-16/h5-9H,3-4,10-11H2,1-2H3,(H,31,32)/b15-7?,16-8?,22-19-. The van der Waals surface area contributed by atoms with Crippen molar-refractivity contribution < 1.29 is 37.4 Å². The van der Waals surface area contributed by atoms with Crippen LogP contribution in [0.15, 0.2) is 39.0 Å². The van der Waals surface area contributed by atoms with Crippen LogP contribution in [0.5, 0.6) is 0 Å². The number of thiazole rings is 1. The number of amides is 1. The number of hydrogen-bond acceptors (Lipinski definition) is 10. The number of carbonyl (C=O) groups is 3. The van der Waals surface area contributed by atoms with Gasteiger partial charge in [0.25, 0.3) is 11.5 Å². The van der Waals surface area contributed by atoms with Crippen molar-refractivity contribution in [3.05, 3.63) is 54.4 Å². The molecule has 3 heterocycles. The van der Waals surface area contributed by atoms with Gasteiger partial charge in [0.2, 0.25) is 0 Å². The first-order valence-corrected chi connectivity index (χ1v) is 14.4. The molecule has 0 radical (unpaired) electrons. The van der Waals surface area contributed by atoms with Gasteiger partial charge in [0, 0.05) is 11.4 Å². The van der Waals surface area contributed by atoms with Crippen LogP contribution in [0.3, 0.4) is 0 Å². The molecule has 9 nitrogen and oxygen atoms in total. The Morgan fingerprint density at radius 3 is 2.42 bits per heavy atom. The molecule has 2 aliphatic rings. The number of esters is 1. The normalized spacial score (nSPS) is 18.2. The summed E-state index contributed by atoms with van der Waals surface area (Å²) in [5, 5.41) is 9.67. The summed E-state index contributed by atoms with van der Waals surface area (Å²) < 4.78 is 46.6. The summed E-state index contributed by atoms with van der Waals surface area (Å²) in [6, 6.07) is 3.05. The Kier molecular flexibility index (Phi) is 8.82. The number of anilines is 1. The fourth-order valence-corrected chi connectivity index (χ4v) is 7.46. The third kappa shape index (κ3) is 5.99. The van der Waals surface area contributed by atoms with Gasteiger partial charge in [-0.2, -0.15) is 13.2 Å². The summed E-state index contributed by atoms with van der Waals surface area (Å²) in [6.45, 7) is 2.70. The van der Waals surface area contributed by atoms with Gasteiger partial charge in [-0.1, -0.05) is 35.7 Å². The molecule has 0 atom stereocenters. The van der Waals surface area contributed by atoms with E-state index >= 15 is 0 Å². The van der Waals surface area contributed by atoms with E-state index in [1.54, 1.807) is 13.8 Å². The Balaban J connectivity index is 1.84. The number of hydrogen-bond donors (Lipinski definition) is 1. The lowest BCUT2D eigenvalue weighted by atomic mass is 10.2. The minimum Gasteiger partial charge on any atom is -0.480 e. The van der Waals surface area contributed by atoms with Crippen LogP contribution < -0.4 is 19.7 Å². The zero-order chi connectivity index (χ0) is 29.4. The Morgan fingerprint density at radius 2 is 1.82 bits per heavy atom. The monoisotopic (exact) mass is 631 g/mol. The number of ether oxygens (including phenoxy) is 1. The van der Waals surface area contributed by atoms with Gasteiger partial charge >= 0.3 is 18.1 Å². The minimum absolute atomic E-state index is 0.0742. The molecule has 0 spiro atoms. The molecule has 0 aliphatic carbocycles. The number of rotatable bonds is 7. The molecular formula is C24H20F3N3O6S4. The Labute approximate surface area is 242 Å². The molecule has 1 N–H and O–H groups in total. The zero-order valence-electron chi connectivity index (χ0n) is 20.8. The van der Waals surface area contributed by atoms with Gasteiger partial charge in [0.1, 0.15) is 27.0 Å². The maximum absolute atomic E-state index is 13.3. The number of carbonyl (C=O) groups excluding carboxylic acids is 2. The van der Waals surface area contributed by atoms with Crippen LogP contribution in [0.25, 0.3) is 11.0 Å². The highest BCUT2D eigenvalue weighted by Crippen LogP contribution is 2.47. The smallest absolute Gasteiger partial charge is 0.416 e. The number of alkyl halides is 3. The van der Waals surface area contributed by atoms with E-state index in [1.165, 1.54) is 28.0 Å². The molecule has 16 heteroatoms. The van der Waals surface area contributed by atoms with Gasteiger partial charge in [0.05, 0.1) is 27.4 Å². The quantitative estimate of drug-likeness (QED) is 0.362. The third-order valence-electron chi connectivity index (χ3n) is 5.59. The predicted octanol–water partition coefficient (Wildman–Crippen LogP) is 2.80. The SMILES string of the molecule is CCOC(=O)Cn1c(=O)c(=CC=C2Sc3ccc(C(F)(F)F)cc3N2CC(=O)O)s/c1=C1\SC(=S)N(CC)C1=O. The number of nitrogens with zero attached hydrogens (tertiary/aromatic N) is 3. The highest BCUT2D eigenvalue weighted by Gasteiger charge is 2.35. The number of halogens is 3. The second-order valence-electron chi connectivity index (χ2n) is 8.15. The number of carboxylic acids is 1. The first-order valence-electron chi connectivity index (χ1n) is 11.6. The largest absolute Gasteiger partial charge is 0.480 e. The minimum atomic E-state index is -4.62. The average molecular weight is 632 g/mol. The van der Waals surface area contributed by atoms with Gasteiger partial charge in [-0.25, -0.2) is 0 Å². The van der Waals surface area contributed by atoms with E-state index in [0.29, 0.717) is 15.8 Å². The summed E-state index contributed by atoms with van der Waals surface area (Å²) in [4.78, 5) is 53.3. The Bertz CT molecular complexity index is 1630. The van der Waals surface area contributed by atoms with Gasteiger partial charge in [-0.15, -0.1) is 11.3 Å². The van der Waals surface area contributed by atoms with Crippen molar-refractivity contribution in [2.75, 3.05) is 24.6 Å². The van der Waals surface area contributed by atoms with Crippen LogP contribution in [0.2, 0.25) is 0 Å². The third-order valence-corrected chi connectivity index (χ3v) is 9.43. The molecule has 1 aromatic heterocycles. The van der Waals surface area contributed by atoms with Gasteiger partial charge in [-0.05, 0) is 44.2 Å². The van der Waals surface area contributed by atoms with Crippen LogP contribution in [0.4, 0.5) is 18.9 Å². The molecule has 40 heavy (non-hydrogen) atoms. The summed E-state index contributed by atoms with van der Waals surface area (Å²) in [5.41, 5.74) is -1.45. The van der Waals surface area contributed by atoms with Crippen molar-refractivity contribution in [2.24, 2.45) is 0 Å². The van der Waals surface area contributed by atoms with E-state index in [-0.39, 0.29) is 31.4 Å². The molecule has 1 aromatic carbocycles. The fourth-order valence-electron chi connectivity index (χ4n) is 3.83. The van der Waals surface area contributed by atoms with Gasteiger partial charge in [0.15, 0.2) is 0 Å². The van der Waals surface area contributed by atoms with E-state index in [9.17, 15) is 37.5 Å². The van der Waals surface area contributed by atoms with E-state index in [4.69, 9.17) is 17.0 Å². The molecule has 4 rings (SSSR count). The molecule has 0 bridgehead atoms. The molecule has 212 valence electrons. The van der Waals surface area contributed by atoms with Crippen molar-refractivity contribution in [1.82, 2.24) is 9.47 Å². The number of aromatic nitrogens is 1. The van der Waals surface area contributed by atoms with E-state index < -0.39 is 48.2 Å². The molecule has 1 saturated heterocycles. The summed E-state index contributed by atoms with van der Waals surface area (Å²) in [6.07, 6.45) is -1.82. The lowest BCUT2D eigenvalue weighted by molar-refractivity contribution is -0.144. The second-order valence-corrected chi connectivity index (χ2v) is 11.9. The molecular weight excluding hydrogens is 612 g/mol. The zero-order valence-corrected chi connectivity index (χ0v) is 24.1. The average Bonchev–Trinajstić information content (AvgIpc) is 3.47. The number of allylic oxidation sites excluding steroid dienone is 1. The van der Waals surface area contributed by atoms with Crippen molar-refractivity contribution in [1.29, 1.82) is 0 Å². The maximum Gasteiger partial charge on any atom is 0.416 e. The summed E-state index contributed by atoms with van der Waals surface area (Å²) >= 11 is 8.26. The van der Waals surface area contributed by atoms with Crippen molar-refractivity contribution in [2.45, 2.75) is 31.5 Å². The van der Waals surface area contributed by atoms with Crippen molar-refractivity contribution >= 4 is 85.9 Å². The van der Waals surface area contributed by atoms with Crippen LogP contribution in [-0.4, -0.2) is 56.4 Å². The van der Waals surface area contributed by atoms with E-state index in [2.05, 4.69) is 0 Å². The van der Waals surface area contributed by atoms with Crippen LogP contribution in [0.1, 0.15) is 19.4 Å². The highest BCUT2D eigenvalue weighted by atomic mass is 32.2. The fraction of sp³-hybridized carbons (Fsp3) is 0.292. The van der Waals surface area contributed by atoms with Crippen molar-refractivity contribution in [3.8, 4) is 0 Å². The van der Waals surface area contributed by atoms with Crippen LogP contribution in [0, 0.1) is 0 Å². The number of thioether (sulfide) groups is 2. The summed E-state index contributed by atoms with van der Waals surface area (Å²) in [5.74, 6) is -2.36. The second kappa shape index (κ2) is 11.8. The van der Waals surface area contributed by atoms with E-state index in [1.807, 2.05) is 0 Å². The molecule has 2 aromatic rings. The summed E-state index contributed by atoms with van der Waals surface area (Å²) in [7, 11) is 0. The first-order chi connectivity index (χ1) is 18.8. The lowest BCUT2D eigenvalue weighted by Gasteiger charge is -2.18. The van der Waals surface area contributed by atoms with E-state index in [0.717, 1.165) is 51.6 Å². The number of benzene rings is 1. The van der Waals surface area contributed by atoms with Crippen LogP contribution >= 0.6 is 47.1 Å². The van der Waals surface area contributed by atoms with Gasteiger partial charge in [-0.3, -0.25) is 28.6 Å². The number of fused-ring (bicyclic) bond motifs is 1. The molecule has 1 amide bonds. The lowest BCUT2D eigenvalue weighted by Crippen LogP contribution is -2.36. The molecule has 1 fully saturated rings.